The van der Waals surface area contributed by atoms with Crippen LogP contribution < -0.4 is 9.80 Å². The van der Waals surface area contributed by atoms with E-state index in [1.165, 1.54) is 12.2 Å². The van der Waals surface area contributed by atoms with Gasteiger partial charge in [-0.15, -0.1) is 0 Å². The van der Waals surface area contributed by atoms with E-state index in [0.717, 1.165) is 16.7 Å². The summed E-state index contributed by atoms with van der Waals surface area (Å²) in [6.07, 6.45) is 3.98. The van der Waals surface area contributed by atoms with Gasteiger partial charge in [0.05, 0.1) is 37.1 Å². The normalized spacial score (nSPS) is 14.9. The van der Waals surface area contributed by atoms with E-state index in [1.54, 1.807) is 24.4 Å². The Hall–Kier alpha value is -3.69. The van der Waals surface area contributed by atoms with Gasteiger partial charge in [-0.25, -0.2) is 4.79 Å². The van der Waals surface area contributed by atoms with Gasteiger partial charge >= 0.3 is 5.97 Å². The zero-order chi connectivity index (χ0) is 24.1. The first-order chi connectivity index (χ1) is 16.5. The summed E-state index contributed by atoms with van der Waals surface area (Å²) in [4.78, 5) is 33.4. The van der Waals surface area contributed by atoms with Gasteiger partial charge in [0.15, 0.2) is 0 Å². The van der Waals surface area contributed by atoms with Crippen LogP contribution in [0.25, 0.3) is 11.1 Å². The van der Waals surface area contributed by atoms with Crippen molar-refractivity contribution in [3.8, 4) is 16.9 Å². The molecule has 0 fully saturated rings. The Morgan fingerprint density at radius 3 is 2.62 bits per heavy atom. The molecule has 0 radical (unpaired) electrons. The monoisotopic (exact) mass is 464 g/mol. The van der Waals surface area contributed by atoms with Gasteiger partial charge in [-0.1, -0.05) is 12.1 Å². The van der Waals surface area contributed by atoms with Crippen LogP contribution in [0.2, 0.25) is 0 Å². The number of hydroxylamine groups is 1. The van der Waals surface area contributed by atoms with Crippen molar-refractivity contribution in [2.75, 3.05) is 46.0 Å². The van der Waals surface area contributed by atoms with Crippen molar-refractivity contribution in [3.63, 3.8) is 0 Å². The Balaban J connectivity index is 1.55. The molecule has 1 N–H and O–H groups in total. The molecule has 2 aromatic carbocycles. The summed E-state index contributed by atoms with van der Waals surface area (Å²) >= 11 is 0. The third-order valence-corrected chi connectivity index (χ3v) is 5.63. The van der Waals surface area contributed by atoms with E-state index in [-0.39, 0.29) is 12.5 Å². The van der Waals surface area contributed by atoms with E-state index >= 15 is 0 Å². The molecule has 1 aromatic heterocycles. The van der Waals surface area contributed by atoms with Gasteiger partial charge in [-0.3, -0.25) is 14.7 Å². The number of esters is 1. The number of nitrogens with zero attached hydrogens (tertiary/aromatic N) is 3. The minimum absolute atomic E-state index is 0.205. The highest BCUT2D eigenvalue weighted by Gasteiger charge is 2.32. The maximum absolute atomic E-state index is 13.6. The Bertz CT molecular complexity index is 1130. The molecule has 4 rings (SSSR count). The standard InChI is InChI=1S/C25H28N4O5/c1-28(2)10-11-34-29(22-7-4-17(5-8-22)21-14-26-27-15-21)24(30)20-13-19-12-18(25(31)32-3)6-9-23(19)33-16-20/h4-9,12,14-15,20H,10-11,13,16H2,1-3H3,(H,26,27). The number of likely N-dealkylation sites (N-methyl/N-ethyl adjacent to an activating group) is 1. The first kappa shape index (κ1) is 23.5. The number of anilines is 1. The van der Waals surface area contributed by atoms with Crippen LogP contribution >= 0.6 is 0 Å². The summed E-state index contributed by atoms with van der Waals surface area (Å²) in [5.41, 5.74) is 3.77. The SMILES string of the molecule is COC(=O)c1ccc2c(c1)CC(C(=O)N(OCCN(C)C)c1ccc(-c3cn[nH]c3)cc1)CO2. The van der Waals surface area contributed by atoms with E-state index in [2.05, 4.69) is 10.2 Å². The quantitative estimate of drug-likeness (QED) is 0.404. The topological polar surface area (TPSA) is 97.0 Å². The van der Waals surface area contributed by atoms with E-state index in [0.29, 0.717) is 36.6 Å². The summed E-state index contributed by atoms with van der Waals surface area (Å²) in [5, 5.41) is 8.14. The second kappa shape index (κ2) is 10.5. The smallest absolute Gasteiger partial charge is 0.337 e. The number of methoxy groups -OCH3 is 1. The fourth-order valence-electron chi connectivity index (χ4n) is 3.74. The number of nitrogens with one attached hydrogen (secondary N) is 1. The molecule has 0 spiro atoms. The number of amides is 1. The van der Waals surface area contributed by atoms with Crippen molar-refractivity contribution < 1.29 is 23.9 Å². The van der Waals surface area contributed by atoms with Gasteiger partial charge in [0.2, 0.25) is 0 Å². The highest BCUT2D eigenvalue weighted by atomic mass is 16.7. The summed E-state index contributed by atoms with van der Waals surface area (Å²) in [6, 6.07) is 12.7. The summed E-state index contributed by atoms with van der Waals surface area (Å²) in [6.45, 7) is 1.23. The van der Waals surface area contributed by atoms with Crippen molar-refractivity contribution >= 4 is 17.6 Å². The molecule has 0 bridgehead atoms. The lowest BCUT2D eigenvalue weighted by molar-refractivity contribution is -0.131. The van der Waals surface area contributed by atoms with Gasteiger partial charge in [-0.2, -0.15) is 10.2 Å². The number of fused-ring (bicyclic) bond motifs is 1. The molecule has 0 aliphatic carbocycles. The third kappa shape index (κ3) is 5.27. The fourth-order valence-corrected chi connectivity index (χ4v) is 3.74. The largest absolute Gasteiger partial charge is 0.492 e. The molecule has 2 heterocycles. The fraction of sp³-hybridized carbons (Fsp3) is 0.320. The lowest BCUT2D eigenvalue weighted by Crippen LogP contribution is -2.42. The second-order valence-corrected chi connectivity index (χ2v) is 8.33. The van der Waals surface area contributed by atoms with E-state index < -0.39 is 11.9 Å². The van der Waals surface area contributed by atoms with Crippen LogP contribution in [-0.2, 0) is 20.8 Å². The number of hydrogen-bond donors (Lipinski definition) is 1. The number of rotatable bonds is 8. The van der Waals surface area contributed by atoms with Crippen molar-refractivity contribution in [2.45, 2.75) is 6.42 Å². The average molecular weight is 465 g/mol. The number of carbonyl (C=O) groups is 2. The lowest BCUT2D eigenvalue weighted by atomic mass is 9.94. The molecule has 1 amide bonds. The predicted molar refractivity (Wildman–Crippen MR) is 126 cm³/mol. The minimum Gasteiger partial charge on any atom is -0.492 e. The van der Waals surface area contributed by atoms with Crippen LogP contribution in [0, 0.1) is 5.92 Å². The molecule has 3 aromatic rings. The number of hydrogen-bond acceptors (Lipinski definition) is 7. The van der Waals surface area contributed by atoms with Gasteiger partial charge < -0.3 is 14.4 Å². The molecule has 34 heavy (non-hydrogen) atoms. The van der Waals surface area contributed by atoms with Gasteiger partial charge in [0.1, 0.15) is 12.4 Å². The van der Waals surface area contributed by atoms with Crippen molar-refractivity contribution in [1.82, 2.24) is 15.1 Å². The summed E-state index contributed by atoms with van der Waals surface area (Å²) in [5.74, 6) is -0.430. The first-order valence-electron chi connectivity index (χ1n) is 11.0. The Morgan fingerprint density at radius 1 is 1.15 bits per heavy atom. The summed E-state index contributed by atoms with van der Waals surface area (Å²) < 4.78 is 10.7. The maximum Gasteiger partial charge on any atom is 0.337 e. The molecular formula is C25H28N4O5. The molecule has 1 aliphatic rings. The van der Waals surface area contributed by atoms with Crippen LogP contribution in [0.15, 0.2) is 54.9 Å². The molecular weight excluding hydrogens is 436 g/mol. The van der Waals surface area contributed by atoms with Crippen LogP contribution in [0.3, 0.4) is 0 Å². The molecule has 9 nitrogen and oxygen atoms in total. The Kier molecular flexibility index (Phi) is 7.24. The Labute approximate surface area is 198 Å². The Morgan fingerprint density at radius 2 is 1.94 bits per heavy atom. The zero-order valence-electron chi connectivity index (χ0n) is 19.5. The molecule has 1 aliphatic heterocycles. The predicted octanol–water partition coefficient (Wildman–Crippen LogP) is 2.94. The molecule has 1 atom stereocenters. The maximum atomic E-state index is 13.6. The van der Waals surface area contributed by atoms with Crippen LogP contribution in [-0.4, -0.2) is 67.9 Å². The van der Waals surface area contributed by atoms with Gasteiger partial charge in [-0.05, 0) is 62.0 Å². The number of aromatic amines is 1. The summed E-state index contributed by atoms with van der Waals surface area (Å²) in [7, 11) is 5.23. The van der Waals surface area contributed by atoms with Crippen molar-refractivity contribution in [3.05, 3.63) is 66.0 Å². The number of ether oxygens (including phenoxy) is 2. The molecule has 1 unspecified atom stereocenters. The molecule has 0 saturated carbocycles. The minimum atomic E-state index is -0.465. The highest BCUT2D eigenvalue weighted by Crippen LogP contribution is 2.31. The lowest BCUT2D eigenvalue weighted by Gasteiger charge is -2.30. The molecule has 0 saturated heterocycles. The third-order valence-electron chi connectivity index (χ3n) is 5.63. The number of carbonyl (C=O) groups excluding carboxylic acids is 2. The average Bonchev–Trinajstić information content (AvgIpc) is 3.40. The highest BCUT2D eigenvalue weighted by molar-refractivity contribution is 5.94. The molecule has 9 heteroatoms. The van der Waals surface area contributed by atoms with E-state index in [9.17, 15) is 9.59 Å². The number of aromatic nitrogens is 2. The van der Waals surface area contributed by atoms with Crippen LogP contribution in [0.5, 0.6) is 5.75 Å². The van der Waals surface area contributed by atoms with E-state index in [4.69, 9.17) is 14.3 Å². The van der Waals surface area contributed by atoms with E-state index in [1.807, 2.05) is 49.5 Å². The molecule has 178 valence electrons. The van der Waals surface area contributed by atoms with Crippen molar-refractivity contribution in [2.24, 2.45) is 5.92 Å². The first-order valence-corrected chi connectivity index (χ1v) is 11.0. The zero-order valence-corrected chi connectivity index (χ0v) is 19.5. The number of H-pyrrole nitrogens is 1. The van der Waals surface area contributed by atoms with Crippen LogP contribution in [0.1, 0.15) is 15.9 Å². The van der Waals surface area contributed by atoms with Crippen LogP contribution in [0.4, 0.5) is 5.69 Å². The van der Waals surface area contributed by atoms with Crippen molar-refractivity contribution in [1.29, 1.82) is 0 Å². The number of benzene rings is 2. The van der Waals surface area contributed by atoms with Gasteiger partial charge in [0.25, 0.3) is 5.91 Å². The second-order valence-electron chi connectivity index (χ2n) is 8.33. The van der Waals surface area contributed by atoms with Gasteiger partial charge in [0, 0.05) is 18.3 Å².